The van der Waals surface area contributed by atoms with E-state index in [1.807, 2.05) is 0 Å². The number of benzene rings is 1. The van der Waals surface area contributed by atoms with Crippen LogP contribution in [0, 0.1) is 0 Å². The Morgan fingerprint density at radius 3 is 2.90 bits per heavy atom. The molecule has 0 aliphatic rings. The van der Waals surface area contributed by atoms with Gasteiger partial charge in [-0.3, -0.25) is 4.72 Å². The minimum absolute atomic E-state index is 0.0317. The van der Waals surface area contributed by atoms with Crippen LogP contribution in [0.2, 0.25) is 0 Å². The van der Waals surface area contributed by atoms with E-state index in [9.17, 15) is 8.42 Å². The number of anilines is 1. The maximum Gasteiger partial charge on any atom is 0.232 e. The lowest BCUT2D eigenvalue weighted by Crippen LogP contribution is -2.21. The highest BCUT2D eigenvalue weighted by Gasteiger charge is 2.10. The number of hydrogen-bond donors (Lipinski definition) is 3. The van der Waals surface area contributed by atoms with Crippen LogP contribution in [-0.4, -0.2) is 45.5 Å². The summed E-state index contributed by atoms with van der Waals surface area (Å²) in [5.41, 5.74) is 5.66. The molecular weight excluding hydrogens is 298 g/mol. The Kier molecular flexibility index (Phi) is 6.76. The molecular formula is C12H19N3O5S. The highest BCUT2D eigenvalue weighted by atomic mass is 32.2. The lowest BCUT2D eigenvalue weighted by Gasteiger charge is -2.10. The SMILES string of the molecule is COCCCS(=O)(=O)Nc1cccc(OCC(N)=NO)c1. The van der Waals surface area contributed by atoms with Gasteiger partial charge in [-0.25, -0.2) is 8.42 Å². The first kappa shape index (κ1) is 17.1. The number of nitrogens with zero attached hydrogens (tertiary/aromatic N) is 1. The van der Waals surface area contributed by atoms with Crippen LogP contribution < -0.4 is 15.2 Å². The third-order valence-electron chi connectivity index (χ3n) is 2.38. The van der Waals surface area contributed by atoms with Crippen molar-refractivity contribution >= 4 is 21.5 Å². The van der Waals surface area contributed by atoms with Crippen molar-refractivity contribution < 1.29 is 23.1 Å². The summed E-state index contributed by atoms with van der Waals surface area (Å²) in [5.74, 6) is 0.287. The molecule has 0 radical (unpaired) electrons. The zero-order valence-electron chi connectivity index (χ0n) is 11.7. The lowest BCUT2D eigenvalue weighted by atomic mass is 10.3. The Morgan fingerprint density at radius 1 is 1.48 bits per heavy atom. The number of rotatable bonds is 9. The first-order valence-electron chi connectivity index (χ1n) is 6.15. The predicted molar refractivity (Wildman–Crippen MR) is 79.2 cm³/mol. The van der Waals surface area contributed by atoms with E-state index in [4.69, 9.17) is 20.4 Å². The molecule has 1 aromatic rings. The van der Waals surface area contributed by atoms with Gasteiger partial charge >= 0.3 is 0 Å². The van der Waals surface area contributed by atoms with Crippen LogP contribution in [0.5, 0.6) is 5.75 Å². The summed E-state index contributed by atoms with van der Waals surface area (Å²) in [5, 5.41) is 11.2. The molecule has 0 atom stereocenters. The fourth-order valence-electron chi connectivity index (χ4n) is 1.46. The van der Waals surface area contributed by atoms with Crippen LogP contribution in [0.3, 0.4) is 0 Å². The van der Waals surface area contributed by atoms with E-state index in [1.165, 1.54) is 13.2 Å². The molecule has 0 aromatic heterocycles. The van der Waals surface area contributed by atoms with Gasteiger partial charge in [-0.05, 0) is 18.6 Å². The van der Waals surface area contributed by atoms with Crippen LogP contribution >= 0.6 is 0 Å². The van der Waals surface area contributed by atoms with Crippen molar-refractivity contribution in [3.8, 4) is 5.75 Å². The largest absolute Gasteiger partial charge is 0.485 e. The summed E-state index contributed by atoms with van der Waals surface area (Å²) < 4.78 is 36.1. The number of ether oxygens (including phenoxy) is 2. The van der Waals surface area contributed by atoms with Gasteiger partial charge < -0.3 is 20.4 Å². The second-order valence-corrected chi connectivity index (χ2v) is 6.02. The third-order valence-corrected chi connectivity index (χ3v) is 3.76. The summed E-state index contributed by atoms with van der Waals surface area (Å²) in [6.07, 6.45) is 0.408. The Morgan fingerprint density at radius 2 is 2.24 bits per heavy atom. The molecule has 1 rings (SSSR count). The van der Waals surface area contributed by atoms with Gasteiger partial charge in [-0.2, -0.15) is 0 Å². The second-order valence-electron chi connectivity index (χ2n) is 4.18. The molecule has 0 unspecified atom stereocenters. The number of nitrogens with two attached hydrogens (primary N) is 1. The highest BCUT2D eigenvalue weighted by molar-refractivity contribution is 7.92. The van der Waals surface area contributed by atoms with E-state index in [0.717, 1.165) is 0 Å². The van der Waals surface area contributed by atoms with Crippen molar-refractivity contribution in [2.24, 2.45) is 10.9 Å². The van der Waals surface area contributed by atoms with Crippen LogP contribution in [0.25, 0.3) is 0 Å². The molecule has 4 N–H and O–H groups in total. The van der Waals surface area contributed by atoms with Crippen molar-refractivity contribution in [3.05, 3.63) is 24.3 Å². The molecule has 118 valence electrons. The third kappa shape index (κ3) is 6.82. The van der Waals surface area contributed by atoms with Crippen LogP contribution in [0.4, 0.5) is 5.69 Å². The molecule has 8 nitrogen and oxygen atoms in total. The molecule has 0 saturated heterocycles. The molecule has 0 bridgehead atoms. The maximum atomic E-state index is 11.8. The Hall–Kier alpha value is -2.00. The van der Waals surface area contributed by atoms with Crippen LogP contribution in [-0.2, 0) is 14.8 Å². The molecule has 0 spiro atoms. The van der Waals surface area contributed by atoms with E-state index < -0.39 is 10.0 Å². The normalized spacial score (nSPS) is 12.1. The van der Waals surface area contributed by atoms with E-state index >= 15 is 0 Å². The van der Waals surface area contributed by atoms with Gasteiger partial charge in [0.05, 0.1) is 11.4 Å². The summed E-state index contributed by atoms with van der Waals surface area (Å²) in [4.78, 5) is 0. The van der Waals surface area contributed by atoms with E-state index in [1.54, 1.807) is 18.2 Å². The number of hydrogen-bond acceptors (Lipinski definition) is 6. The first-order valence-corrected chi connectivity index (χ1v) is 7.81. The number of methoxy groups -OCH3 is 1. The zero-order chi connectivity index (χ0) is 15.7. The quantitative estimate of drug-likeness (QED) is 0.201. The number of amidine groups is 1. The number of sulfonamides is 1. The Bertz CT molecular complexity index is 574. The summed E-state index contributed by atoms with van der Waals surface area (Å²) >= 11 is 0. The van der Waals surface area contributed by atoms with Crippen molar-refractivity contribution in [2.45, 2.75) is 6.42 Å². The molecule has 0 amide bonds. The van der Waals surface area contributed by atoms with Crippen molar-refractivity contribution in [1.29, 1.82) is 0 Å². The van der Waals surface area contributed by atoms with Gasteiger partial charge in [0.15, 0.2) is 5.84 Å². The van der Waals surface area contributed by atoms with Crippen molar-refractivity contribution in [2.75, 3.05) is 30.8 Å². The monoisotopic (exact) mass is 317 g/mol. The fourth-order valence-corrected chi connectivity index (χ4v) is 2.55. The minimum atomic E-state index is -3.43. The lowest BCUT2D eigenvalue weighted by molar-refractivity contribution is 0.199. The van der Waals surface area contributed by atoms with Crippen LogP contribution in [0.15, 0.2) is 29.4 Å². The topological polar surface area (TPSA) is 123 Å². The van der Waals surface area contributed by atoms with Gasteiger partial charge in [-0.15, -0.1) is 0 Å². The number of nitrogens with one attached hydrogen (secondary N) is 1. The molecule has 9 heteroatoms. The standard InChI is InChI=1S/C12H19N3O5S/c1-19-6-3-7-21(17,18)15-10-4-2-5-11(8-10)20-9-12(13)14-16/h2,4-5,8,15-16H,3,6-7,9H2,1H3,(H2,13,14). The van der Waals surface area contributed by atoms with E-state index in [-0.39, 0.29) is 18.2 Å². The smallest absolute Gasteiger partial charge is 0.232 e. The molecule has 0 aliphatic heterocycles. The fraction of sp³-hybridized carbons (Fsp3) is 0.417. The summed E-state index contributed by atoms with van der Waals surface area (Å²) in [6.45, 7) is 0.282. The zero-order valence-corrected chi connectivity index (χ0v) is 12.5. The molecule has 0 fully saturated rings. The number of oxime groups is 1. The highest BCUT2D eigenvalue weighted by Crippen LogP contribution is 2.18. The summed E-state index contributed by atoms with van der Waals surface area (Å²) in [6, 6.07) is 6.38. The Labute approximate surface area is 123 Å². The van der Waals surface area contributed by atoms with E-state index in [0.29, 0.717) is 24.5 Å². The molecule has 0 saturated carbocycles. The molecule has 21 heavy (non-hydrogen) atoms. The van der Waals surface area contributed by atoms with Crippen molar-refractivity contribution in [1.82, 2.24) is 0 Å². The molecule has 1 aromatic carbocycles. The average Bonchev–Trinajstić information content (AvgIpc) is 2.44. The second kappa shape index (κ2) is 8.32. The first-order chi connectivity index (χ1) is 9.96. The predicted octanol–water partition coefficient (Wildman–Crippen LogP) is 0.590. The minimum Gasteiger partial charge on any atom is -0.485 e. The molecule has 0 heterocycles. The van der Waals surface area contributed by atoms with E-state index in [2.05, 4.69) is 9.88 Å². The maximum absolute atomic E-state index is 11.8. The van der Waals surface area contributed by atoms with Crippen molar-refractivity contribution in [3.63, 3.8) is 0 Å². The molecule has 0 aliphatic carbocycles. The van der Waals surface area contributed by atoms with Gasteiger partial charge in [0.1, 0.15) is 12.4 Å². The van der Waals surface area contributed by atoms with Gasteiger partial charge in [0.2, 0.25) is 10.0 Å². The average molecular weight is 317 g/mol. The van der Waals surface area contributed by atoms with Crippen LogP contribution in [0.1, 0.15) is 6.42 Å². The van der Waals surface area contributed by atoms with Gasteiger partial charge in [-0.1, -0.05) is 11.2 Å². The van der Waals surface area contributed by atoms with Gasteiger partial charge in [0, 0.05) is 19.8 Å². The van der Waals surface area contributed by atoms with Gasteiger partial charge in [0.25, 0.3) is 0 Å². The Balaban J connectivity index is 2.63. The summed E-state index contributed by atoms with van der Waals surface area (Å²) in [7, 11) is -1.92.